The van der Waals surface area contributed by atoms with Gasteiger partial charge in [-0.2, -0.15) is 0 Å². The van der Waals surface area contributed by atoms with Crippen LogP contribution in [0.2, 0.25) is 0 Å². The fourth-order valence-electron chi connectivity index (χ4n) is 3.37. The molecular formula is C19H37N5O2. The number of rotatable bonds is 6. The van der Waals surface area contributed by atoms with Crippen LogP contribution in [0.3, 0.4) is 0 Å². The molecule has 7 nitrogen and oxygen atoms in total. The molecule has 2 rings (SSSR count). The summed E-state index contributed by atoms with van der Waals surface area (Å²) in [5.74, 6) is 1.74. The highest BCUT2D eigenvalue weighted by Crippen LogP contribution is 2.34. The van der Waals surface area contributed by atoms with Gasteiger partial charge >= 0.3 is 6.09 Å². The highest BCUT2D eigenvalue weighted by atomic mass is 16.6. The van der Waals surface area contributed by atoms with E-state index < -0.39 is 5.60 Å². The van der Waals surface area contributed by atoms with Gasteiger partial charge in [-0.1, -0.05) is 0 Å². The number of guanidine groups is 1. The molecule has 1 saturated heterocycles. The van der Waals surface area contributed by atoms with Crippen molar-refractivity contribution in [3.8, 4) is 0 Å². The Morgan fingerprint density at radius 3 is 2.54 bits per heavy atom. The molecule has 1 amide bonds. The fourth-order valence-corrected chi connectivity index (χ4v) is 3.37. The molecule has 0 aromatic carbocycles. The lowest BCUT2D eigenvalue weighted by atomic mass is 10.2. The van der Waals surface area contributed by atoms with Gasteiger partial charge in [0.25, 0.3) is 0 Å². The molecule has 2 atom stereocenters. The number of carbonyl (C=O) groups excluding carboxylic acids is 1. The lowest BCUT2D eigenvalue weighted by Crippen LogP contribution is -2.44. The predicted molar refractivity (Wildman–Crippen MR) is 106 cm³/mol. The van der Waals surface area contributed by atoms with Crippen molar-refractivity contribution in [2.45, 2.75) is 64.6 Å². The fraction of sp³-hybridized carbons (Fsp3) is 0.895. The third-order valence-electron chi connectivity index (χ3n) is 4.80. The second-order valence-corrected chi connectivity index (χ2v) is 8.64. The normalized spacial score (nSPS) is 22.5. The average Bonchev–Trinajstić information content (AvgIpc) is 3.23. The molecule has 2 N–H and O–H groups in total. The van der Waals surface area contributed by atoms with E-state index in [0.29, 0.717) is 6.04 Å². The van der Waals surface area contributed by atoms with Gasteiger partial charge in [0.1, 0.15) is 5.60 Å². The van der Waals surface area contributed by atoms with Crippen LogP contribution < -0.4 is 10.6 Å². The number of amides is 1. The minimum absolute atomic E-state index is 0.0989. The molecule has 2 aliphatic rings. The first-order valence-corrected chi connectivity index (χ1v) is 9.88. The molecule has 1 saturated carbocycles. The first-order chi connectivity index (χ1) is 12.2. The van der Waals surface area contributed by atoms with Crippen molar-refractivity contribution >= 4 is 12.1 Å². The quantitative estimate of drug-likeness (QED) is 0.554. The highest BCUT2D eigenvalue weighted by Gasteiger charge is 2.33. The van der Waals surface area contributed by atoms with Crippen LogP contribution in [0.15, 0.2) is 4.99 Å². The molecular weight excluding hydrogens is 330 g/mol. The molecule has 26 heavy (non-hydrogen) atoms. The number of likely N-dealkylation sites (N-methyl/N-ethyl adjacent to an activating group) is 1. The van der Waals surface area contributed by atoms with Gasteiger partial charge in [0.15, 0.2) is 5.96 Å². The number of alkyl carbamates (subject to hydrolysis) is 1. The molecule has 0 aromatic heterocycles. The molecule has 0 radical (unpaired) electrons. The van der Waals surface area contributed by atoms with E-state index >= 15 is 0 Å². The van der Waals surface area contributed by atoms with Gasteiger partial charge in [0, 0.05) is 25.7 Å². The summed E-state index contributed by atoms with van der Waals surface area (Å²) in [6.45, 7) is 11.0. The van der Waals surface area contributed by atoms with Crippen molar-refractivity contribution in [1.82, 2.24) is 20.4 Å². The number of hydrogen-bond donors (Lipinski definition) is 2. The Labute approximate surface area is 158 Å². The molecule has 2 fully saturated rings. The number of likely N-dealkylation sites (tertiary alicyclic amines) is 1. The molecule has 0 aromatic rings. The highest BCUT2D eigenvalue weighted by molar-refractivity contribution is 5.80. The molecule has 1 aliphatic heterocycles. The Hall–Kier alpha value is -1.50. The molecule has 0 bridgehead atoms. The number of aliphatic imine (C=N–C) groups is 1. The van der Waals surface area contributed by atoms with Crippen molar-refractivity contribution < 1.29 is 9.53 Å². The monoisotopic (exact) mass is 367 g/mol. The van der Waals surface area contributed by atoms with Crippen LogP contribution in [0.5, 0.6) is 0 Å². The summed E-state index contributed by atoms with van der Waals surface area (Å²) in [5, 5.41) is 6.38. The summed E-state index contributed by atoms with van der Waals surface area (Å²) in [7, 11) is 4.28. The van der Waals surface area contributed by atoms with Gasteiger partial charge in [-0.15, -0.1) is 0 Å². The average molecular weight is 368 g/mol. The molecule has 2 unspecified atom stereocenters. The van der Waals surface area contributed by atoms with E-state index in [4.69, 9.17) is 9.73 Å². The Balaban J connectivity index is 1.89. The zero-order valence-corrected chi connectivity index (χ0v) is 17.3. The first-order valence-electron chi connectivity index (χ1n) is 9.88. The third-order valence-corrected chi connectivity index (χ3v) is 4.80. The standard InChI is InChI=1S/C19H37N5O2/c1-7-20-17(21-12-16(23(5)6)14-8-9-14)24-11-10-15(13-24)22-18(25)26-19(2,3)4/h14-16H,7-13H2,1-6H3,(H,20,21)(H,22,25). The minimum atomic E-state index is -0.469. The van der Waals surface area contributed by atoms with E-state index in [1.54, 1.807) is 0 Å². The zero-order chi connectivity index (χ0) is 19.3. The SMILES string of the molecule is CCNC(=NCC(C1CC1)N(C)C)N1CCC(NC(=O)OC(C)(C)C)C1. The number of hydrogen-bond acceptors (Lipinski definition) is 4. The Morgan fingerprint density at radius 1 is 1.31 bits per heavy atom. The topological polar surface area (TPSA) is 69.2 Å². The van der Waals surface area contributed by atoms with E-state index in [0.717, 1.165) is 44.5 Å². The van der Waals surface area contributed by atoms with Crippen molar-refractivity contribution in [2.24, 2.45) is 10.9 Å². The van der Waals surface area contributed by atoms with Gasteiger partial charge < -0.3 is 25.2 Å². The van der Waals surface area contributed by atoms with Crippen molar-refractivity contribution in [2.75, 3.05) is 40.3 Å². The van der Waals surface area contributed by atoms with Crippen LogP contribution in [0, 0.1) is 5.92 Å². The van der Waals surface area contributed by atoms with E-state index in [-0.39, 0.29) is 12.1 Å². The summed E-state index contributed by atoms with van der Waals surface area (Å²) >= 11 is 0. The second-order valence-electron chi connectivity index (χ2n) is 8.64. The minimum Gasteiger partial charge on any atom is -0.444 e. The molecule has 7 heteroatoms. The smallest absolute Gasteiger partial charge is 0.407 e. The van der Waals surface area contributed by atoms with Crippen molar-refractivity contribution in [3.05, 3.63) is 0 Å². The number of ether oxygens (including phenoxy) is 1. The lowest BCUT2D eigenvalue weighted by Gasteiger charge is -2.26. The van der Waals surface area contributed by atoms with Crippen LogP contribution in [0.1, 0.15) is 47.0 Å². The first kappa shape index (κ1) is 20.8. The maximum atomic E-state index is 12.0. The molecule has 1 heterocycles. The summed E-state index contributed by atoms with van der Waals surface area (Å²) in [4.78, 5) is 21.4. The van der Waals surface area contributed by atoms with Crippen molar-refractivity contribution in [1.29, 1.82) is 0 Å². The van der Waals surface area contributed by atoms with Crippen molar-refractivity contribution in [3.63, 3.8) is 0 Å². The third kappa shape index (κ3) is 6.67. The number of nitrogens with zero attached hydrogens (tertiary/aromatic N) is 3. The Kier molecular flexibility index (Phi) is 7.15. The Morgan fingerprint density at radius 2 is 2.00 bits per heavy atom. The molecule has 150 valence electrons. The zero-order valence-electron chi connectivity index (χ0n) is 17.3. The Bertz CT molecular complexity index is 495. The van der Waals surface area contributed by atoms with E-state index in [1.165, 1.54) is 12.8 Å². The van der Waals surface area contributed by atoms with E-state index in [1.807, 2.05) is 20.8 Å². The molecule has 1 aliphatic carbocycles. The van der Waals surface area contributed by atoms with E-state index in [2.05, 4.69) is 41.5 Å². The summed E-state index contributed by atoms with van der Waals surface area (Å²) in [6, 6.07) is 0.615. The van der Waals surface area contributed by atoms with Gasteiger partial charge in [-0.05, 0) is 67.0 Å². The maximum absolute atomic E-state index is 12.0. The summed E-state index contributed by atoms with van der Waals surface area (Å²) < 4.78 is 5.36. The van der Waals surface area contributed by atoms with Crippen LogP contribution in [0.25, 0.3) is 0 Å². The van der Waals surface area contributed by atoms with E-state index in [9.17, 15) is 4.79 Å². The van der Waals surface area contributed by atoms with Gasteiger partial charge in [0.05, 0.1) is 12.6 Å². The molecule has 0 spiro atoms. The van der Waals surface area contributed by atoms with Crippen LogP contribution >= 0.6 is 0 Å². The number of nitrogens with one attached hydrogen (secondary N) is 2. The summed E-state index contributed by atoms with van der Waals surface area (Å²) in [5.41, 5.74) is -0.469. The lowest BCUT2D eigenvalue weighted by molar-refractivity contribution is 0.0507. The van der Waals surface area contributed by atoms with Gasteiger partial charge in [-0.25, -0.2) is 4.79 Å². The van der Waals surface area contributed by atoms with Gasteiger partial charge in [-0.3, -0.25) is 4.99 Å². The van der Waals surface area contributed by atoms with Crippen LogP contribution in [-0.2, 0) is 4.74 Å². The van der Waals surface area contributed by atoms with Crippen LogP contribution in [-0.4, -0.2) is 79.8 Å². The number of carbonyl (C=O) groups is 1. The van der Waals surface area contributed by atoms with Gasteiger partial charge in [0.2, 0.25) is 0 Å². The van der Waals surface area contributed by atoms with Crippen LogP contribution in [0.4, 0.5) is 4.79 Å². The summed E-state index contributed by atoms with van der Waals surface area (Å²) in [6.07, 6.45) is 3.21. The maximum Gasteiger partial charge on any atom is 0.407 e. The largest absolute Gasteiger partial charge is 0.444 e. The second kappa shape index (κ2) is 8.93. The predicted octanol–water partition coefficient (Wildman–Crippen LogP) is 1.89.